The highest BCUT2D eigenvalue weighted by Crippen LogP contribution is 2.17. The minimum Gasteiger partial charge on any atom is -0.491 e. The van der Waals surface area contributed by atoms with E-state index < -0.39 is 0 Å². The normalized spacial score (nSPS) is 11.7. The van der Waals surface area contributed by atoms with Crippen LogP contribution in [0.2, 0.25) is 0 Å². The van der Waals surface area contributed by atoms with Crippen LogP contribution in [0.4, 0.5) is 5.69 Å². The van der Waals surface area contributed by atoms with Gasteiger partial charge in [-0.25, -0.2) is 0 Å². The van der Waals surface area contributed by atoms with Crippen molar-refractivity contribution in [1.82, 2.24) is 0 Å². The van der Waals surface area contributed by atoms with Gasteiger partial charge >= 0.3 is 0 Å². The summed E-state index contributed by atoms with van der Waals surface area (Å²) in [6, 6.07) is 9.34. The molecule has 1 rings (SSSR count). The van der Waals surface area contributed by atoms with E-state index in [1.54, 1.807) is 12.1 Å². The van der Waals surface area contributed by atoms with E-state index in [1.807, 2.05) is 32.9 Å². The van der Waals surface area contributed by atoms with Crippen LogP contribution in [0.15, 0.2) is 24.3 Å². The predicted molar refractivity (Wildman–Crippen MR) is 74.8 cm³/mol. The first-order valence-electron chi connectivity index (χ1n) is 6.51. The summed E-state index contributed by atoms with van der Waals surface area (Å²) in [5.41, 5.74) is 0.717. The van der Waals surface area contributed by atoms with Gasteiger partial charge in [-0.15, -0.1) is 0 Å². The van der Waals surface area contributed by atoms with E-state index in [0.717, 1.165) is 5.75 Å². The molecule has 1 aromatic carbocycles. The van der Waals surface area contributed by atoms with Gasteiger partial charge in [0.15, 0.2) is 0 Å². The number of carbonyl (C=O) groups is 1. The fourth-order valence-electron chi connectivity index (χ4n) is 1.61. The Balaban J connectivity index is 2.53. The molecule has 1 aromatic rings. The summed E-state index contributed by atoms with van der Waals surface area (Å²) in [5, 5.41) is 11.6. The van der Waals surface area contributed by atoms with Crippen molar-refractivity contribution in [3.8, 4) is 11.8 Å². The van der Waals surface area contributed by atoms with E-state index in [1.165, 1.54) is 0 Å². The molecule has 1 atom stereocenters. The van der Waals surface area contributed by atoms with Gasteiger partial charge in [-0.1, -0.05) is 6.92 Å². The van der Waals surface area contributed by atoms with Gasteiger partial charge in [-0.2, -0.15) is 5.26 Å². The second-order valence-corrected chi connectivity index (χ2v) is 4.68. The van der Waals surface area contributed by atoms with Crippen LogP contribution in [0, 0.1) is 17.2 Å². The van der Waals surface area contributed by atoms with Crippen molar-refractivity contribution in [3.05, 3.63) is 24.3 Å². The molecule has 0 heterocycles. The molecule has 0 spiro atoms. The van der Waals surface area contributed by atoms with E-state index in [9.17, 15) is 4.79 Å². The number of ether oxygens (including phenoxy) is 1. The molecule has 4 heteroatoms. The number of hydrogen-bond donors (Lipinski definition) is 1. The second-order valence-electron chi connectivity index (χ2n) is 4.68. The molecule has 0 radical (unpaired) electrons. The minimum absolute atomic E-state index is 0.126. The highest BCUT2D eigenvalue weighted by Gasteiger charge is 2.11. The third kappa shape index (κ3) is 5.43. The number of carbonyl (C=O) groups excluding carboxylic acids is 1. The monoisotopic (exact) mass is 260 g/mol. The average Bonchev–Trinajstić information content (AvgIpc) is 2.37. The van der Waals surface area contributed by atoms with E-state index in [-0.39, 0.29) is 24.3 Å². The third-order valence-corrected chi connectivity index (χ3v) is 2.62. The SMILES string of the molecule is CCC(C#N)CC(=O)Nc1ccc(OC(C)C)cc1. The molecule has 0 fully saturated rings. The first-order chi connectivity index (χ1) is 9.05. The number of nitrogens with zero attached hydrogens (tertiary/aromatic N) is 1. The number of anilines is 1. The van der Waals surface area contributed by atoms with Crippen molar-refractivity contribution in [3.63, 3.8) is 0 Å². The summed E-state index contributed by atoms with van der Waals surface area (Å²) in [6.07, 6.45) is 1.05. The molecule has 4 nitrogen and oxygen atoms in total. The van der Waals surface area contributed by atoms with E-state index in [2.05, 4.69) is 11.4 Å². The van der Waals surface area contributed by atoms with Gasteiger partial charge in [-0.05, 0) is 44.5 Å². The van der Waals surface area contributed by atoms with Crippen LogP contribution in [0.5, 0.6) is 5.75 Å². The number of benzene rings is 1. The molecule has 0 aromatic heterocycles. The van der Waals surface area contributed by atoms with E-state index >= 15 is 0 Å². The maximum atomic E-state index is 11.7. The van der Waals surface area contributed by atoms with Gasteiger partial charge in [0.2, 0.25) is 5.91 Å². The molecular formula is C15H20N2O2. The molecule has 102 valence electrons. The van der Waals surface area contributed by atoms with Crippen LogP contribution >= 0.6 is 0 Å². The lowest BCUT2D eigenvalue weighted by Crippen LogP contribution is -2.15. The Morgan fingerprint density at radius 3 is 2.47 bits per heavy atom. The summed E-state index contributed by atoms with van der Waals surface area (Å²) >= 11 is 0. The largest absolute Gasteiger partial charge is 0.491 e. The van der Waals surface area contributed by atoms with Gasteiger partial charge in [-0.3, -0.25) is 4.79 Å². The summed E-state index contributed by atoms with van der Waals surface area (Å²) in [5.74, 6) is 0.422. The number of rotatable bonds is 6. The Morgan fingerprint density at radius 1 is 1.37 bits per heavy atom. The van der Waals surface area contributed by atoms with Crippen LogP contribution in [-0.4, -0.2) is 12.0 Å². The zero-order chi connectivity index (χ0) is 14.3. The minimum atomic E-state index is -0.219. The summed E-state index contributed by atoms with van der Waals surface area (Å²) in [6.45, 7) is 5.82. The molecule has 1 amide bonds. The Labute approximate surface area is 114 Å². The van der Waals surface area contributed by atoms with Gasteiger partial charge in [0.1, 0.15) is 5.75 Å². The number of hydrogen-bond acceptors (Lipinski definition) is 3. The van der Waals surface area contributed by atoms with Crippen LogP contribution in [0.3, 0.4) is 0 Å². The molecule has 0 aliphatic carbocycles. The number of nitriles is 1. The highest BCUT2D eigenvalue weighted by molar-refractivity contribution is 5.91. The quantitative estimate of drug-likeness (QED) is 0.853. The average molecular weight is 260 g/mol. The fourth-order valence-corrected chi connectivity index (χ4v) is 1.61. The standard InChI is InChI=1S/C15H20N2O2/c1-4-12(10-16)9-15(18)17-13-5-7-14(8-6-13)19-11(2)3/h5-8,11-12H,4,9H2,1-3H3,(H,17,18). The van der Waals surface area contributed by atoms with Crippen molar-refractivity contribution in [2.45, 2.75) is 39.7 Å². The fraction of sp³-hybridized carbons (Fsp3) is 0.467. The lowest BCUT2D eigenvalue weighted by Gasteiger charge is -2.11. The van der Waals surface area contributed by atoms with Gasteiger partial charge in [0.05, 0.1) is 18.1 Å². The molecule has 0 aliphatic heterocycles. The van der Waals surface area contributed by atoms with Gasteiger partial charge in [0.25, 0.3) is 0 Å². The lowest BCUT2D eigenvalue weighted by molar-refractivity contribution is -0.116. The Hall–Kier alpha value is -2.02. The summed E-state index contributed by atoms with van der Waals surface area (Å²) in [4.78, 5) is 11.7. The third-order valence-electron chi connectivity index (χ3n) is 2.62. The van der Waals surface area contributed by atoms with Crippen LogP contribution < -0.4 is 10.1 Å². The molecule has 1 N–H and O–H groups in total. The molecule has 0 aliphatic rings. The van der Waals surface area contributed by atoms with Crippen LogP contribution in [-0.2, 0) is 4.79 Å². The molecule has 19 heavy (non-hydrogen) atoms. The Kier molecular flexibility index (Phi) is 5.87. The predicted octanol–water partition coefficient (Wildman–Crippen LogP) is 3.35. The first kappa shape index (κ1) is 15.0. The topological polar surface area (TPSA) is 62.1 Å². The number of nitrogens with one attached hydrogen (secondary N) is 1. The van der Waals surface area contributed by atoms with Crippen molar-refractivity contribution < 1.29 is 9.53 Å². The zero-order valence-corrected chi connectivity index (χ0v) is 11.6. The number of amides is 1. The van der Waals surface area contributed by atoms with Crippen molar-refractivity contribution in [1.29, 1.82) is 5.26 Å². The van der Waals surface area contributed by atoms with E-state index in [4.69, 9.17) is 10.00 Å². The molecule has 0 bridgehead atoms. The maximum Gasteiger partial charge on any atom is 0.225 e. The first-order valence-corrected chi connectivity index (χ1v) is 6.51. The van der Waals surface area contributed by atoms with Gasteiger partial charge < -0.3 is 10.1 Å². The summed E-state index contributed by atoms with van der Waals surface area (Å²) < 4.78 is 5.52. The highest BCUT2D eigenvalue weighted by atomic mass is 16.5. The second kappa shape index (κ2) is 7.42. The van der Waals surface area contributed by atoms with Crippen molar-refractivity contribution in [2.24, 2.45) is 5.92 Å². The summed E-state index contributed by atoms with van der Waals surface area (Å²) in [7, 11) is 0. The lowest BCUT2D eigenvalue weighted by atomic mass is 10.0. The van der Waals surface area contributed by atoms with E-state index in [0.29, 0.717) is 12.1 Å². The maximum absolute atomic E-state index is 11.7. The molecule has 1 unspecified atom stereocenters. The Morgan fingerprint density at radius 2 is 2.00 bits per heavy atom. The van der Waals surface area contributed by atoms with Crippen molar-refractivity contribution in [2.75, 3.05) is 5.32 Å². The molecule has 0 saturated carbocycles. The molecular weight excluding hydrogens is 240 g/mol. The Bertz CT molecular complexity index is 446. The van der Waals surface area contributed by atoms with Crippen LogP contribution in [0.25, 0.3) is 0 Å². The molecule has 0 saturated heterocycles. The smallest absolute Gasteiger partial charge is 0.225 e. The van der Waals surface area contributed by atoms with Crippen LogP contribution in [0.1, 0.15) is 33.6 Å². The van der Waals surface area contributed by atoms with Crippen molar-refractivity contribution >= 4 is 11.6 Å². The zero-order valence-electron chi connectivity index (χ0n) is 11.6. The van der Waals surface area contributed by atoms with Gasteiger partial charge in [0, 0.05) is 12.1 Å².